The summed E-state index contributed by atoms with van der Waals surface area (Å²) in [6, 6.07) is 6.65. The van der Waals surface area contributed by atoms with E-state index in [9.17, 15) is 14.0 Å². The highest BCUT2D eigenvalue weighted by molar-refractivity contribution is 5.91. The van der Waals surface area contributed by atoms with Gasteiger partial charge in [0.25, 0.3) is 0 Å². The molecule has 0 radical (unpaired) electrons. The molecular formula is C18H21FN2O2. The average Bonchev–Trinajstić information content (AvgIpc) is 3.45. The van der Waals surface area contributed by atoms with Crippen molar-refractivity contribution in [1.29, 1.82) is 0 Å². The Balaban J connectivity index is 1.42. The highest BCUT2D eigenvalue weighted by Crippen LogP contribution is 2.49. The molecule has 3 unspecified atom stereocenters. The molecule has 2 saturated carbocycles. The minimum Gasteiger partial charge on any atom is -0.352 e. The van der Waals surface area contributed by atoms with Gasteiger partial charge in [-0.15, -0.1) is 0 Å². The van der Waals surface area contributed by atoms with Gasteiger partial charge in [0.2, 0.25) is 11.8 Å². The zero-order valence-corrected chi connectivity index (χ0v) is 13.0. The third kappa shape index (κ3) is 2.84. The maximum atomic E-state index is 13.9. The smallest absolute Gasteiger partial charge is 0.243 e. The Labute approximate surface area is 135 Å². The monoisotopic (exact) mass is 316 g/mol. The first-order valence-corrected chi connectivity index (χ1v) is 8.50. The van der Waals surface area contributed by atoms with Crippen molar-refractivity contribution in [2.45, 2.75) is 50.1 Å². The lowest BCUT2D eigenvalue weighted by atomic mass is 10.1. The third-order valence-corrected chi connectivity index (χ3v) is 5.17. The largest absolute Gasteiger partial charge is 0.352 e. The number of hydrogen-bond donors (Lipinski definition) is 1. The molecule has 1 aliphatic heterocycles. The van der Waals surface area contributed by atoms with E-state index in [0.717, 1.165) is 25.7 Å². The maximum Gasteiger partial charge on any atom is 0.243 e. The molecule has 1 heterocycles. The first kappa shape index (κ1) is 14.7. The Morgan fingerprint density at radius 1 is 1.17 bits per heavy atom. The average molecular weight is 316 g/mol. The van der Waals surface area contributed by atoms with Crippen LogP contribution in [-0.2, 0) is 9.59 Å². The fraction of sp³-hybridized carbons (Fsp3) is 0.556. The first-order chi connectivity index (χ1) is 11.1. The molecular weight excluding hydrogens is 295 g/mol. The Morgan fingerprint density at radius 3 is 2.70 bits per heavy atom. The second kappa shape index (κ2) is 5.62. The lowest BCUT2D eigenvalue weighted by molar-refractivity contribution is -0.139. The highest BCUT2D eigenvalue weighted by atomic mass is 19.1. The topological polar surface area (TPSA) is 49.4 Å². The summed E-state index contributed by atoms with van der Waals surface area (Å²) in [4.78, 5) is 26.8. The van der Waals surface area contributed by atoms with Gasteiger partial charge < -0.3 is 10.2 Å². The van der Waals surface area contributed by atoms with Crippen LogP contribution in [0.15, 0.2) is 24.3 Å². The van der Waals surface area contributed by atoms with Crippen molar-refractivity contribution in [2.75, 3.05) is 6.54 Å². The molecule has 0 bridgehead atoms. The van der Waals surface area contributed by atoms with Crippen LogP contribution in [0.5, 0.6) is 0 Å². The van der Waals surface area contributed by atoms with E-state index in [2.05, 4.69) is 5.32 Å². The molecule has 2 amide bonds. The summed E-state index contributed by atoms with van der Waals surface area (Å²) >= 11 is 0. The summed E-state index contributed by atoms with van der Waals surface area (Å²) in [7, 11) is 0. The van der Waals surface area contributed by atoms with Crippen LogP contribution in [0.3, 0.4) is 0 Å². The summed E-state index contributed by atoms with van der Waals surface area (Å²) in [6.07, 6.45) is 4.38. The van der Waals surface area contributed by atoms with E-state index >= 15 is 0 Å². The van der Waals surface area contributed by atoms with Crippen LogP contribution in [0, 0.1) is 11.7 Å². The van der Waals surface area contributed by atoms with Gasteiger partial charge in [-0.05, 0) is 49.7 Å². The number of hydrogen-bond acceptors (Lipinski definition) is 2. The van der Waals surface area contributed by atoms with Crippen LogP contribution < -0.4 is 5.32 Å². The second-order valence-corrected chi connectivity index (χ2v) is 6.94. The molecule has 0 spiro atoms. The van der Waals surface area contributed by atoms with Gasteiger partial charge in [0.1, 0.15) is 11.9 Å². The molecule has 1 N–H and O–H groups in total. The number of likely N-dealkylation sites (tertiary alicyclic amines) is 1. The zero-order valence-electron chi connectivity index (χ0n) is 13.0. The normalized spacial score (nSPS) is 29.4. The van der Waals surface area contributed by atoms with E-state index in [1.807, 2.05) is 0 Å². The molecule has 3 atom stereocenters. The number of nitrogens with one attached hydrogen (secondary N) is 1. The molecule has 122 valence electrons. The molecule has 4 nitrogen and oxygen atoms in total. The SMILES string of the molecule is O=C(NC1CC1)C1CCCN1C(=O)C1CC1c1ccccc1F. The lowest BCUT2D eigenvalue weighted by Crippen LogP contribution is -2.47. The Morgan fingerprint density at radius 2 is 1.96 bits per heavy atom. The minimum absolute atomic E-state index is 0.0126. The Kier molecular flexibility index (Phi) is 3.58. The zero-order chi connectivity index (χ0) is 16.0. The van der Waals surface area contributed by atoms with Gasteiger partial charge in [0, 0.05) is 18.5 Å². The molecule has 1 saturated heterocycles. The summed E-state index contributed by atoms with van der Waals surface area (Å²) in [5.41, 5.74) is 0.629. The number of nitrogens with zero attached hydrogens (tertiary/aromatic N) is 1. The molecule has 23 heavy (non-hydrogen) atoms. The van der Waals surface area contributed by atoms with E-state index in [-0.39, 0.29) is 35.5 Å². The molecule has 3 fully saturated rings. The van der Waals surface area contributed by atoms with Crippen molar-refractivity contribution < 1.29 is 14.0 Å². The molecule has 3 aliphatic rings. The minimum atomic E-state index is -0.329. The standard InChI is InChI=1S/C18H21FN2O2/c19-15-5-2-1-4-12(15)13-10-14(13)18(23)21-9-3-6-16(21)17(22)20-11-7-8-11/h1-2,4-5,11,13-14,16H,3,6-10H2,(H,20,22). The van der Waals surface area contributed by atoms with Gasteiger partial charge in [-0.2, -0.15) is 0 Å². The first-order valence-electron chi connectivity index (χ1n) is 8.50. The van der Waals surface area contributed by atoms with Crippen LogP contribution in [0.25, 0.3) is 0 Å². The summed E-state index contributed by atoms with van der Waals surface area (Å²) in [5.74, 6) is -0.428. The number of amides is 2. The Hall–Kier alpha value is -1.91. The summed E-state index contributed by atoms with van der Waals surface area (Å²) in [6.45, 7) is 0.641. The molecule has 2 aliphatic carbocycles. The van der Waals surface area contributed by atoms with Crippen LogP contribution in [0.2, 0.25) is 0 Å². The molecule has 1 aromatic carbocycles. The van der Waals surface area contributed by atoms with Crippen LogP contribution >= 0.6 is 0 Å². The molecule has 1 aromatic rings. The van der Waals surface area contributed by atoms with Crippen molar-refractivity contribution in [3.8, 4) is 0 Å². The molecule has 4 rings (SSSR count). The molecule has 0 aromatic heterocycles. The Bertz CT molecular complexity index is 644. The van der Waals surface area contributed by atoms with Crippen molar-refractivity contribution in [3.05, 3.63) is 35.6 Å². The van der Waals surface area contributed by atoms with Crippen molar-refractivity contribution in [3.63, 3.8) is 0 Å². The van der Waals surface area contributed by atoms with E-state index < -0.39 is 0 Å². The van der Waals surface area contributed by atoms with Crippen LogP contribution in [0.4, 0.5) is 4.39 Å². The van der Waals surface area contributed by atoms with Crippen LogP contribution in [0.1, 0.15) is 43.6 Å². The van der Waals surface area contributed by atoms with Crippen molar-refractivity contribution >= 4 is 11.8 Å². The predicted octanol–water partition coefficient (Wildman–Crippen LogP) is 2.20. The fourth-order valence-corrected chi connectivity index (χ4v) is 3.63. The van der Waals surface area contributed by atoms with Gasteiger partial charge >= 0.3 is 0 Å². The van der Waals surface area contributed by atoms with Gasteiger partial charge in [-0.25, -0.2) is 4.39 Å². The van der Waals surface area contributed by atoms with E-state index in [0.29, 0.717) is 24.6 Å². The second-order valence-electron chi connectivity index (χ2n) is 6.94. The summed E-state index contributed by atoms with van der Waals surface area (Å²) < 4.78 is 13.9. The van der Waals surface area contributed by atoms with Gasteiger partial charge in [-0.1, -0.05) is 18.2 Å². The quantitative estimate of drug-likeness (QED) is 0.926. The molecule has 5 heteroatoms. The van der Waals surface area contributed by atoms with Gasteiger partial charge in [0.05, 0.1) is 0 Å². The van der Waals surface area contributed by atoms with Gasteiger partial charge in [0.15, 0.2) is 0 Å². The maximum absolute atomic E-state index is 13.9. The van der Waals surface area contributed by atoms with Crippen molar-refractivity contribution in [1.82, 2.24) is 10.2 Å². The van der Waals surface area contributed by atoms with E-state index in [4.69, 9.17) is 0 Å². The highest BCUT2D eigenvalue weighted by Gasteiger charge is 2.49. The van der Waals surface area contributed by atoms with Crippen LogP contribution in [-0.4, -0.2) is 35.3 Å². The predicted molar refractivity (Wildman–Crippen MR) is 83.1 cm³/mol. The van der Waals surface area contributed by atoms with Crippen molar-refractivity contribution in [2.24, 2.45) is 5.92 Å². The summed E-state index contributed by atoms with van der Waals surface area (Å²) in [5, 5.41) is 3.00. The third-order valence-electron chi connectivity index (χ3n) is 5.17. The number of rotatable bonds is 4. The number of carbonyl (C=O) groups is 2. The fourth-order valence-electron chi connectivity index (χ4n) is 3.63. The number of carbonyl (C=O) groups excluding carboxylic acids is 2. The van der Waals surface area contributed by atoms with Gasteiger partial charge in [-0.3, -0.25) is 9.59 Å². The number of halogens is 1. The number of benzene rings is 1. The lowest BCUT2D eigenvalue weighted by Gasteiger charge is -2.24. The van der Waals surface area contributed by atoms with E-state index in [1.165, 1.54) is 6.07 Å². The van der Waals surface area contributed by atoms with E-state index in [1.54, 1.807) is 23.1 Å².